The van der Waals surface area contributed by atoms with Crippen molar-refractivity contribution < 1.29 is 14.6 Å². The first-order valence-electron chi connectivity index (χ1n) is 7.33. The molecule has 0 radical (unpaired) electrons. The number of rotatable bonds is 6. The Morgan fingerprint density at radius 1 is 1.26 bits per heavy atom. The van der Waals surface area contributed by atoms with Gasteiger partial charge in [-0.3, -0.25) is 4.79 Å². The first-order valence-corrected chi connectivity index (χ1v) is 7.33. The number of nitrogens with zero attached hydrogens (tertiary/aromatic N) is 1. The largest absolute Gasteiger partial charge is 0.457 e. The summed E-state index contributed by atoms with van der Waals surface area (Å²) in [6.07, 6.45) is 0.0639. The van der Waals surface area contributed by atoms with Crippen LogP contribution in [0.15, 0.2) is 48.5 Å². The summed E-state index contributed by atoms with van der Waals surface area (Å²) in [6.45, 7) is 2.09. The fourth-order valence-electron chi connectivity index (χ4n) is 1.93. The molecule has 0 aliphatic rings. The number of aliphatic hydroxyl groups excluding tert-OH is 1. The Hall–Kier alpha value is -2.84. The third-order valence-corrected chi connectivity index (χ3v) is 3.16. The molecule has 23 heavy (non-hydrogen) atoms. The van der Waals surface area contributed by atoms with Crippen molar-refractivity contribution in [2.45, 2.75) is 19.4 Å². The standard InChI is InChI=1S/C18H18N2O3/c1-13(21)9-10-20-18(22)15-3-2-4-17(11-15)23-16-7-5-14(12-19)6-8-16/h2-8,11,13,21H,9-10H2,1H3,(H,20,22). The third-order valence-electron chi connectivity index (χ3n) is 3.16. The molecule has 0 spiro atoms. The van der Waals surface area contributed by atoms with Gasteiger partial charge in [0.2, 0.25) is 0 Å². The first kappa shape index (κ1) is 16.5. The van der Waals surface area contributed by atoms with Gasteiger partial charge < -0.3 is 15.2 Å². The number of amides is 1. The summed E-state index contributed by atoms with van der Waals surface area (Å²) in [4.78, 5) is 12.0. The topological polar surface area (TPSA) is 82.3 Å². The van der Waals surface area contributed by atoms with Crippen molar-refractivity contribution in [1.29, 1.82) is 5.26 Å². The fraction of sp³-hybridized carbons (Fsp3) is 0.222. The highest BCUT2D eigenvalue weighted by atomic mass is 16.5. The van der Waals surface area contributed by atoms with E-state index >= 15 is 0 Å². The number of carbonyl (C=O) groups is 1. The van der Waals surface area contributed by atoms with E-state index in [1.165, 1.54) is 0 Å². The van der Waals surface area contributed by atoms with Crippen LogP contribution in [0.1, 0.15) is 29.3 Å². The van der Waals surface area contributed by atoms with Crippen LogP contribution in [0.5, 0.6) is 11.5 Å². The number of aliphatic hydroxyl groups is 1. The van der Waals surface area contributed by atoms with Crippen LogP contribution in [0.4, 0.5) is 0 Å². The van der Waals surface area contributed by atoms with E-state index in [1.807, 2.05) is 6.07 Å². The quantitative estimate of drug-likeness (QED) is 0.859. The zero-order valence-electron chi connectivity index (χ0n) is 12.8. The van der Waals surface area contributed by atoms with Gasteiger partial charge in [-0.15, -0.1) is 0 Å². The third kappa shape index (κ3) is 5.13. The highest BCUT2D eigenvalue weighted by molar-refractivity contribution is 5.94. The van der Waals surface area contributed by atoms with Crippen LogP contribution in [-0.2, 0) is 0 Å². The molecular formula is C18H18N2O3. The van der Waals surface area contributed by atoms with E-state index in [0.717, 1.165) is 0 Å². The van der Waals surface area contributed by atoms with Gasteiger partial charge in [0, 0.05) is 12.1 Å². The maximum atomic E-state index is 12.0. The molecule has 0 bridgehead atoms. The predicted octanol–water partition coefficient (Wildman–Crippen LogP) is 2.85. The Labute approximate surface area is 135 Å². The summed E-state index contributed by atoms with van der Waals surface area (Å²) in [5, 5.41) is 20.7. The Kier molecular flexibility index (Phi) is 5.73. The molecule has 118 valence electrons. The van der Waals surface area contributed by atoms with Crippen LogP contribution in [0, 0.1) is 11.3 Å². The number of benzene rings is 2. The maximum Gasteiger partial charge on any atom is 0.251 e. The van der Waals surface area contributed by atoms with E-state index in [4.69, 9.17) is 10.00 Å². The van der Waals surface area contributed by atoms with Crippen LogP contribution < -0.4 is 10.1 Å². The van der Waals surface area contributed by atoms with E-state index in [9.17, 15) is 9.90 Å². The van der Waals surface area contributed by atoms with E-state index in [1.54, 1.807) is 55.5 Å². The fourth-order valence-corrected chi connectivity index (χ4v) is 1.93. The zero-order valence-corrected chi connectivity index (χ0v) is 12.8. The van der Waals surface area contributed by atoms with Gasteiger partial charge in [-0.05, 0) is 55.8 Å². The zero-order chi connectivity index (χ0) is 16.7. The minimum Gasteiger partial charge on any atom is -0.457 e. The molecule has 0 aliphatic heterocycles. The lowest BCUT2D eigenvalue weighted by atomic mass is 10.2. The maximum absolute atomic E-state index is 12.0. The second-order valence-electron chi connectivity index (χ2n) is 5.16. The van der Waals surface area contributed by atoms with Gasteiger partial charge in [-0.1, -0.05) is 6.07 Å². The number of hydrogen-bond donors (Lipinski definition) is 2. The molecule has 1 atom stereocenters. The van der Waals surface area contributed by atoms with E-state index in [2.05, 4.69) is 5.32 Å². The van der Waals surface area contributed by atoms with E-state index in [0.29, 0.717) is 35.6 Å². The Morgan fingerprint density at radius 3 is 2.65 bits per heavy atom. The lowest BCUT2D eigenvalue weighted by molar-refractivity contribution is 0.0945. The summed E-state index contributed by atoms with van der Waals surface area (Å²) in [6, 6.07) is 15.6. The van der Waals surface area contributed by atoms with Crippen LogP contribution in [0.3, 0.4) is 0 Å². The van der Waals surface area contributed by atoms with Gasteiger partial charge in [-0.2, -0.15) is 5.26 Å². The molecular weight excluding hydrogens is 292 g/mol. The Bertz CT molecular complexity index is 703. The Morgan fingerprint density at radius 2 is 2.00 bits per heavy atom. The molecule has 0 aromatic heterocycles. The van der Waals surface area contributed by atoms with E-state index in [-0.39, 0.29) is 5.91 Å². The smallest absolute Gasteiger partial charge is 0.251 e. The Balaban J connectivity index is 2.01. The molecule has 5 heteroatoms. The number of hydrogen-bond acceptors (Lipinski definition) is 4. The van der Waals surface area contributed by atoms with Crippen molar-refractivity contribution in [2.75, 3.05) is 6.54 Å². The SMILES string of the molecule is CC(O)CCNC(=O)c1cccc(Oc2ccc(C#N)cc2)c1. The van der Waals surface area contributed by atoms with Crippen LogP contribution in [0.2, 0.25) is 0 Å². The predicted molar refractivity (Wildman–Crippen MR) is 86.3 cm³/mol. The number of nitrogens with one attached hydrogen (secondary N) is 1. The molecule has 5 nitrogen and oxygen atoms in total. The van der Waals surface area contributed by atoms with Crippen molar-refractivity contribution in [1.82, 2.24) is 5.32 Å². The summed E-state index contributed by atoms with van der Waals surface area (Å²) in [5.74, 6) is 0.921. The highest BCUT2D eigenvalue weighted by Gasteiger charge is 2.07. The molecule has 2 rings (SSSR count). The van der Waals surface area contributed by atoms with Gasteiger partial charge in [0.05, 0.1) is 17.7 Å². The molecule has 1 amide bonds. The first-order chi connectivity index (χ1) is 11.1. The van der Waals surface area contributed by atoms with Gasteiger partial charge in [0.25, 0.3) is 5.91 Å². The molecule has 2 aromatic rings. The second-order valence-corrected chi connectivity index (χ2v) is 5.16. The van der Waals surface area contributed by atoms with Gasteiger partial charge >= 0.3 is 0 Å². The molecule has 2 aromatic carbocycles. The molecule has 2 N–H and O–H groups in total. The average molecular weight is 310 g/mol. The highest BCUT2D eigenvalue weighted by Crippen LogP contribution is 2.22. The summed E-state index contributed by atoms with van der Waals surface area (Å²) in [5.41, 5.74) is 1.05. The monoisotopic (exact) mass is 310 g/mol. The lowest BCUT2D eigenvalue weighted by Gasteiger charge is -2.09. The van der Waals surface area contributed by atoms with Crippen LogP contribution in [-0.4, -0.2) is 23.7 Å². The summed E-state index contributed by atoms with van der Waals surface area (Å²) in [7, 11) is 0. The minimum atomic E-state index is -0.443. The van der Waals surface area contributed by atoms with Crippen LogP contribution in [0.25, 0.3) is 0 Å². The normalized spacial score (nSPS) is 11.3. The minimum absolute atomic E-state index is 0.212. The van der Waals surface area contributed by atoms with Crippen molar-refractivity contribution in [3.05, 3.63) is 59.7 Å². The molecule has 0 saturated heterocycles. The van der Waals surface area contributed by atoms with Crippen molar-refractivity contribution in [2.24, 2.45) is 0 Å². The van der Waals surface area contributed by atoms with Crippen molar-refractivity contribution in [3.8, 4) is 17.6 Å². The molecule has 0 heterocycles. The van der Waals surface area contributed by atoms with Crippen molar-refractivity contribution >= 4 is 5.91 Å². The second kappa shape index (κ2) is 7.97. The average Bonchev–Trinajstić information content (AvgIpc) is 2.55. The molecule has 0 fully saturated rings. The van der Waals surface area contributed by atoms with Gasteiger partial charge in [-0.25, -0.2) is 0 Å². The number of ether oxygens (including phenoxy) is 1. The molecule has 0 aliphatic carbocycles. The van der Waals surface area contributed by atoms with Crippen LogP contribution >= 0.6 is 0 Å². The van der Waals surface area contributed by atoms with E-state index < -0.39 is 6.10 Å². The van der Waals surface area contributed by atoms with Crippen molar-refractivity contribution in [3.63, 3.8) is 0 Å². The number of carbonyl (C=O) groups excluding carboxylic acids is 1. The summed E-state index contributed by atoms with van der Waals surface area (Å²) >= 11 is 0. The summed E-state index contributed by atoms with van der Waals surface area (Å²) < 4.78 is 5.68. The molecule has 1 unspecified atom stereocenters. The molecule has 0 saturated carbocycles. The lowest BCUT2D eigenvalue weighted by Crippen LogP contribution is -2.26. The number of nitriles is 1. The van der Waals surface area contributed by atoms with Gasteiger partial charge in [0.15, 0.2) is 0 Å². The van der Waals surface area contributed by atoms with Gasteiger partial charge in [0.1, 0.15) is 11.5 Å².